The molecule has 1 aromatic rings. The highest BCUT2D eigenvalue weighted by atomic mass is 16.6. The second kappa shape index (κ2) is 7.27. The Morgan fingerprint density at radius 1 is 1.08 bits per heavy atom. The molecule has 0 radical (unpaired) electrons. The first-order valence-electron chi connectivity index (χ1n) is 13.6. The fourth-order valence-corrected chi connectivity index (χ4v) is 10.7. The van der Waals surface area contributed by atoms with Crippen LogP contribution in [-0.2, 0) is 23.8 Å². The number of esters is 1. The summed E-state index contributed by atoms with van der Waals surface area (Å²) in [6, 6.07) is 1.83. The zero-order chi connectivity index (χ0) is 27.2. The van der Waals surface area contributed by atoms with Crippen LogP contribution in [0.15, 0.2) is 23.0 Å². The van der Waals surface area contributed by atoms with E-state index in [1.807, 2.05) is 19.9 Å². The van der Waals surface area contributed by atoms with E-state index in [2.05, 4.69) is 0 Å². The van der Waals surface area contributed by atoms with Crippen LogP contribution in [0.25, 0.3) is 0 Å². The molecule has 208 valence electrons. The number of carbonyl (C=O) groups is 2. The van der Waals surface area contributed by atoms with Crippen LogP contribution in [0.3, 0.4) is 0 Å². The molecule has 6 aliphatic rings. The number of Topliss-reactive ketones (excluding diaryl/α,β-unsaturated/α-hetero) is 1. The van der Waals surface area contributed by atoms with Crippen molar-refractivity contribution < 1.29 is 48.6 Å². The van der Waals surface area contributed by atoms with E-state index in [0.29, 0.717) is 6.42 Å². The lowest BCUT2D eigenvalue weighted by Crippen LogP contribution is -2.82. The quantitative estimate of drug-likeness (QED) is 0.318. The summed E-state index contributed by atoms with van der Waals surface area (Å²) in [7, 11) is 0. The van der Waals surface area contributed by atoms with Crippen molar-refractivity contribution in [2.45, 2.75) is 95.3 Å². The molecule has 7 rings (SSSR count). The number of fused-ring (bicyclic) bond motifs is 1. The van der Waals surface area contributed by atoms with E-state index in [-0.39, 0.29) is 37.3 Å². The predicted molar refractivity (Wildman–Crippen MR) is 127 cm³/mol. The Morgan fingerprint density at radius 2 is 1.82 bits per heavy atom. The first-order valence-corrected chi connectivity index (χ1v) is 13.6. The number of rotatable bonds is 2. The van der Waals surface area contributed by atoms with Crippen LogP contribution < -0.4 is 0 Å². The molecule has 3 heterocycles. The normalized spacial score (nSPS) is 58.3. The molecular weight excluding hydrogens is 496 g/mol. The molecule has 1 spiro atoms. The Bertz CT molecular complexity index is 1200. The lowest BCUT2D eigenvalue weighted by atomic mass is 9.33. The number of ether oxygens (including phenoxy) is 3. The van der Waals surface area contributed by atoms with Gasteiger partial charge in [0.15, 0.2) is 12.1 Å². The standard InChI is InChI=1S/C28H36O10/c1-12(29)37-18-9-17(31)27-11-36-23(34)24(18,2)15(27)8-16(30)26(4)21(27)20(32)22(33)25(3)14(13-5-6-35-10-13)7-19-28(25,26)38-19/h5-6,10,14-21,23,30-32,34H,7-9,11H2,1-4H3/t14-,15-,16+,17-,18+,19+,20-,21-,23+,24-,25+,26+,27+,28+/m0/s1. The molecule has 6 fully saturated rings. The Balaban J connectivity index is 1.41. The van der Waals surface area contributed by atoms with E-state index >= 15 is 0 Å². The van der Waals surface area contributed by atoms with Crippen LogP contribution in [0.1, 0.15) is 58.4 Å². The molecule has 2 aliphatic heterocycles. The van der Waals surface area contributed by atoms with Gasteiger partial charge in [0.05, 0.1) is 48.3 Å². The van der Waals surface area contributed by atoms with Crippen molar-refractivity contribution >= 4 is 11.8 Å². The lowest BCUT2D eigenvalue weighted by Gasteiger charge is -2.73. The van der Waals surface area contributed by atoms with Crippen molar-refractivity contribution in [2.24, 2.45) is 33.5 Å². The van der Waals surface area contributed by atoms with Crippen LogP contribution in [0.4, 0.5) is 0 Å². The Kier molecular flexibility index (Phi) is 4.82. The van der Waals surface area contributed by atoms with Gasteiger partial charge in [0, 0.05) is 36.0 Å². The molecule has 2 bridgehead atoms. The minimum Gasteiger partial charge on any atom is -0.472 e. The number of aliphatic hydroxyl groups is 4. The van der Waals surface area contributed by atoms with Gasteiger partial charge in [0.25, 0.3) is 0 Å². The van der Waals surface area contributed by atoms with Crippen molar-refractivity contribution in [1.82, 2.24) is 0 Å². The zero-order valence-electron chi connectivity index (χ0n) is 22.0. The van der Waals surface area contributed by atoms with Gasteiger partial charge in [-0.25, -0.2) is 0 Å². The van der Waals surface area contributed by atoms with Crippen LogP contribution in [0.5, 0.6) is 0 Å². The van der Waals surface area contributed by atoms with E-state index in [1.54, 1.807) is 19.5 Å². The molecule has 38 heavy (non-hydrogen) atoms. The highest BCUT2D eigenvalue weighted by Gasteiger charge is 2.92. The maximum atomic E-state index is 14.4. The van der Waals surface area contributed by atoms with E-state index in [9.17, 15) is 30.0 Å². The zero-order valence-corrected chi connectivity index (χ0v) is 22.0. The van der Waals surface area contributed by atoms with Crippen LogP contribution in [0, 0.1) is 33.5 Å². The summed E-state index contributed by atoms with van der Waals surface area (Å²) in [5, 5.41) is 47.0. The average molecular weight is 533 g/mol. The highest BCUT2D eigenvalue weighted by Crippen LogP contribution is 2.82. The molecule has 0 aromatic carbocycles. The number of epoxide rings is 1. The van der Waals surface area contributed by atoms with Crippen LogP contribution in [0.2, 0.25) is 0 Å². The topological polar surface area (TPSA) is 159 Å². The maximum Gasteiger partial charge on any atom is 0.302 e. The van der Waals surface area contributed by atoms with Crippen LogP contribution >= 0.6 is 0 Å². The van der Waals surface area contributed by atoms with Gasteiger partial charge < -0.3 is 39.1 Å². The number of aliphatic hydroxyl groups excluding tert-OH is 4. The number of hydrogen-bond donors (Lipinski definition) is 4. The largest absolute Gasteiger partial charge is 0.472 e. The minimum absolute atomic E-state index is 0.0167. The third kappa shape index (κ3) is 2.36. The van der Waals surface area contributed by atoms with E-state index in [0.717, 1.165) is 5.56 Å². The molecule has 1 aromatic heterocycles. The second-order valence-corrected chi connectivity index (χ2v) is 13.3. The molecule has 4 N–H and O–H groups in total. The second-order valence-electron chi connectivity index (χ2n) is 13.3. The van der Waals surface area contributed by atoms with Gasteiger partial charge in [-0.05, 0) is 37.3 Å². The van der Waals surface area contributed by atoms with Gasteiger partial charge in [0.1, 0.15) is 17.8 Å². The number of carbonyl (C=O) groups excluding carboxylic acids is 2. The van der Waals surface area contributed by atoms with Gasteiger partial charge >= 0.3 is 5.97 Å². The summed E-state index contributed by atoms with van der Waals surface area (Å²) >= 11 is 0. The van der Waals surface area contributed by atoms with Gasteiger partial charge in [0.2, 0.25) is 0 Å². The third-order valence-electron chi connectivity index (χ3n) is 12.3. The van der Waals surface area contributed by atoms with Crippen LogP contribution in [-0.4, -0.2) is 81.2 Å². The predicted octanol–water partition coefficient (Wildman–Crippen LogP) is 0.895. The SMILES string of the molecule is CC(=O)O[C@@H]1C[C@H](O)[C@@]23CO[C@@H](O)[C@@]1(C)[C@@H]2C[C@@H](O)[C@]1(C)[C@@H]3[C@H](O)C(=O)[C@@]2(C)[C@H](c3ccoc3)C[C@H]3O[C@@]312. The summed E-state index contributed by atoms with van der Waals surface area (Å²) in [6.45, 7) is 6.62. The molecular formula is C28H36O10. The molecule has 0 amide bonds. The van der Waals surface area contributed by atoms with Crippen molar-refractivity contribution in [3.05, 3.63) is 24.2 Å². The number of hydrogen-bond acceptors (Lipinski definition) is 10. The molecule has 10 heteroatoms. The molecule has 10 nitrogen and oxygen atoms in total. The Labute approximate surface area is 220 Å². The van der Waals surface area contributed by atoms with Crippen molar-refractivity contribution in [3.63, 3.8) is 0 Å². The Hall–Kier alpha value is -1.82. The number of furan rings is 1. The summed E-state index contributed by atoms with van der Waals surface area (Å²) in [5.74, 6) is -2.72. The Morgan fingerprint density at radius 3 is 2.47 bits per heavy atom. The average Bonchev–Trinajstić information content (AvgIpc) is 3.22. The monoisotopic (exact) mass is 532 g/mol. The summed E-state index contributed by atoms with van der Waals surface area (Å²) in [4.78, 5) is 26.4. The van der Waals surface area contributed by atoms with E-state index < -0.39 is 75.8 Å². The van der Waals surface area contributed by atoms with Crippen molar-refractivity contribution in [3.8, 4) is 0 Å². The van der Waals surface area contributed by atoms with Crippen molar-refractivity contribution in [2.75, 3.05) is 6.61 Å². The van der Waals surface area contributed by atoms with Gasteiger partial charge in [-0.2, -0.15) is 0 Å². The highest BCUT2D eigenvalue weighted by molar-refractivity contribution is 5.94. The van der Waals surface area contributed by atoms with Gasteiger partial charge in [-0.15, -0.1) is 0 Å². The number of ketones is 1. The first kappa shape index (κ1) is 25.2. The van der Waals surface area contributed by atoms with Gasteiger partial charge in [-0.1, -0.05) is 13.8 Å². The molecule has 2 saturated heterocycles. The smallest absolute Gasteiger partial charge is 0.302 e. The summed E-state index contributed by atoms with van der Waals surface area (Å²) < 4.78 is 23.3. The molecule has 14 atom stereocenters. The molecule has 4 saturated carbocycles. The maximum absolute atomic E-state index is 14.4. The lowest BCUT2D eigenvalue weighted by molar-refractivity contribution is -0.382. The molecule has 0 unspecified atom stereocenters. The van der Waals surface area contributed by atoms with E-state index in [4.69, 9.17) is 18.6 Å². The van der Waals surface area contributed by atoms with E-state index in [1.165, 1.54) is 6.92 Å². The minimum atomic E-state index is -1.52. The third-order valence-corrected chi connectivity index (χ3v) is 12.3. The first-order chi connectivity index (χ1) is 17.8. The fourth-order valence-electron chi connectivity index (χ4n) is 10.7. The molecule has 4 aliphatic carbocycles. The summed E-state index contributed by atoms with van der Waals surface area (Å²) in [6.07, 6.45) is -2.28. The summed E-state index contributed by atoms with van der Waals surface area (Å²) in [5.41, 5.74) is -4.81. The van der Waals surface area contributed by atoms with Gasteiger partial charge in [-0.3, -0.25) is 9.59 Å². The van der Waals surface area contributed by atoms with Crippen molar-refractivity contribution in [1.29, 1.82) is 0 Å². The fraction of sp³-hybridized carbons (Fsp3) is 0.786.